The average molecular weight is 418 g/mol. The number of rotatable bonds is 16. The summed E-state index contributed by atoms with van der Waals surface area (Å²) in [6.07, 6.45) is 3.11. The molecule has 0 spiro atoms. The molecule has 3 unspecified atom stereocenters. The van der Waals surface area contributed by atoms with Crippen molar-refractivity contribution in [2.24, 2.45) is 17.2 Å². The fourth-order valence-electron chi connectivity index (χ4n) is 2.40. The van der Waals surface area contributed by atoms with Gasteiger partial charge in [0.05, 0.1) is 19.2 Å². The van der Waals surface area contributed by atoms with E-state index in [4.69, 9.17) is 22.3 Å². The fourth-order valence-corrected chi connectivity index (χ4v) is 2.40. The molecule has 29 heavy (non-hydrogen) atoms. The van der Waals surface area contributed by atoms with E-state index in [1.807, 2.05) is 0 Å². The molecule has 0 aromatic rings. The Labute approximate surface area is 169 Å². The molecule has 0 aromatic heterocycles. The van der Waals surface area contributed by atoms with Crippen LogP contribution in [0.3, 0.4) is 0 Å². The van der Waals surface area contributed by atoms with Gasteiger partial charge < -0.3 is 43.4 Å². The van der Waals surface area contributed by atoms with Gasteiger partial charge in [0.15, 0.2) is 0 Å². The monoisotopic (exact) mass is 418 g/mol. The largest absolute Gasteiger partial charge is 0.480 e. The summed E-state index contributed by atoms with van der Waals surface area (Å²) in [6, 6.07) is -3.22. The van der Waals surface area contributed by atoms with E-state index in [-0.39, 0.29) is 6.42 Å². The van der Waals surface area contributed by atoms with Crippen molar-refractivity contribution in [1.29, 1.82) is 0 Å². The lowest BCUT2D eigenvalue weighted by Gasteiger charge is -2.19. The van der Waals surface area contributed by atoms with Crippen LogP contribution in [0.4, 0.5) is 0 Å². The number of aliphatic hydroxyl groups is 1. The van der Waals surface area contributed by atoms with Crippen LogP contribution < -0.4 is 33.2 Å². The molecule has 0 aliphatic rings. The van der Waals surface area contributed by atoms with Crippen LogP contribution >= 0.6 is 0 Å². The summed E-state index contributed by atoms with van der Waals surface area (Å²) < 4.78 is 0. The zero-order valence-electron chi connectivity index (χ0n) is 16.6. The second-order valence-corrected chi connectivity index (χ2v) is 6.60. The Morgan fingerprint density at radius 2 is 1.41 bits per heavy atom. The van der Waals surface area contributed by atoms with Gasteiger partial charge in [-0.1, -0.05) is 6.42 Å². The normalized spacial score (nSPS) is 13.8. The Bertz CT molecular complexity index is 533. The molecule has 0 bridgehead atoms. The summed E-state index contributed by atoms with van der Waals surface area (Å²) >= 11 is 0. The summed E-state index contributed by atoms with van der Waals surface area (Å²) in [5.74, 6) is -3.29. The second kappa shape index (κ2) is 15.6. The van der Waals surface area contributed by atoms with Gasteiger partial charge in [-0.2, -0.15) is 0 Å². The van der Waals surface area contributed by atoms with E-state index in [0.29, 0.717) is 45.2 Å². The highest BCUT2D eigenvalue weighted by Crippen LogP contribution is 2.01. The number of hydrogen-bond acceptors (Lipinski definition) is 8. The van der Waals surface area contributed by atoms with Crippen molar-refractivity contribution in [1.82, 2.24) is 16.0 Å². The van der Waals surface area contributed by atoms with Gasteiger partial charge in [-0.15, -0.1) is 0 Å². The molecule has 0 heterocycles. The van der Waals surface area contributed by atoms with Crippen LogP contribution in [0, 0.1) is 0 Å². The van der Waals surface area contributed by atoms with E-state index >= 15 is 0 Å². The quantitative estimate of drug-likeness (QED) is 0.118. The van der Waals surface area contributed by atoms with Crippen LogP contribution in [-0.4, -0.2) is 78.3 Å². The van der Waals surface area contributed by atoms with E-state index in [9.17, 15) is 24.3 Å². The van der Waals surface area contributed by atoms with Gasteiger partial charge in [0, 0.05) is 0 Å². The van der Waals surface area contributed by atoms with Crippen LogP contribution in [0.15, 0.2) is 0 Å². The summed E-state index contributed by atoms with van der Waals surface area (Å²) in [6.45, 7) is -0.297. The minimum Gasteiger partial charge on any atom is -0.480 e. The summed E-state index contributed by atoms with van der Waals surface area (Å²) in [5, 5.41) is 25.3. The van der Waals surface area contributed by atoms with Gasteiger partial charge in [0.25, 0.3) is 0 Å². The molecule has 0 fully saturated rings. The molecule has 0 radical (unpaired) electrons. The first-order valence-electron chi connectivity index (χ1n) is 9.63. The number of carboxylic acids is 1. The Morgan fingerprint density at radius 3 is 1.93 bits per heavy atom. The SMILES string of the molecule is NCCCCC(N)C(=O)NC(CO)C(=O)NCC(=O)NC(CCCCN)C(=O)O. The van der Waals surface area contributed by atoms with E-state index in [2.05, 4.69) is 16.0 Å². The molecule has 3 atom stereocenters. The molecule has 0 rings (SSSR count). The smallest absolute Gasteiger partial charge is 0.326 e. The highest BCUT2D eigenvalue weighted by Gasteiger charge is 2.24. The third-order valence-corrected chi connectivity index (χ3v) is 4.12. The van der Waals surface area contributed by atoms with Gasteiger partial charge in [0.1, 0.15) is 12.1 Å². The fraction of sp³-hybridized carbons (Fsp3) is 0.765. The average Bonchev–Trinajstić information content (AvgIpc) is 2.69. The van der Waals surface area contributed by atoms with Crippen molar-refractivity contribution >= 4 is 23.7 Å². The van der Waals surface area contributed by atoms with Crippen molar-refractivity contribution in [3.63, 3.8) is 0 Å². The summed E-state index contributed by atoms with van der Waals surface area (Å²) in [7, 11) is 0. The second-order valence-electron chi connectivity index (χ2n) is 6.60. The number of carbonyl (C=O) groups excluding carboxylic acids is 3. The number of aliphatic hydroxyl groups excluding tert-OH is 1. The van der Waals surface area contributed by atoms with Crippen molar-refractivity contribution in [3.05, 3.63) is 0 Å². The predicted octanol–water partition coefficient (Wildman–Crippen LogP) is -3.27. The molecule has 12 heteroatoms. The first-order valence-corrected chi connectivity index (χ1v) is 9.63. The maximum Gasteiger partial charge on any atom is 0.326 e. The van der Waals surface area contributed by atoms with E-state index < -0.39 is 55.0 Å². The highest BCUT2D eigenvalue weighted by atomic mass is 16.4. The van der Waals surface area contributed by atoms with Crippen molar-refractivity contribution in [2.45, 2.75) is 56.7 Å². The van der Waals surface area contributed by atoms with Gasteiger partial charge in [-0.3, -0.25) is 14.4 Å². The number of carboxylic acid groups (broad SMARTS) is 1. The molecule has 0 saturated heterocycles. The number of hydrogen-bond donors (Lipinski definition) is 8. The zero-order chi connectivity index (χ0) is 22.2. The molecule has 0 aliphatic carbocycles. The number of amides is 3. The lowest BCUT2D eigenvalue weighted by Crippen LogP contribution is -2.54. The Balaban J connectivity index is 4.46. The maximum atomic E-state index is 12.1. The molecule has 0 aromatic carbocycles. The van der Waals surface area contributed by atoms with Crippen molar-refractivity contribution in [3.8, 4) is 0 Å². The molecular weight excluding hydrogens is 384 g/mol. The van der Waals surface area contributed by atoms with Crippen LogP contribution in [0.2, 0.25) is 0 Å². The summed E-state index contributed by atoms with van der Waals surface area (Å²) in [4.78, 5) is 47.1. The van der Waals surface area contributed by atoms with Crippen LogP contribution in [0.5, 0.6) is 0 Å². The van der Waals surface area contributed by atoms with Crippen molar-refractivity contribution in [2.75, 3.05) is 26.2 Å². The number of carbonyl (C=O) groups is 4. The Kier molecular flexibility index (Phi) is 14.4. The topological polar surface area (TPSA) is 223 Å². The van der Waals surface area contributed by atoms with Gasteiger partial charge in [-0.25, -0.2) is 4.79 Å². The van der Waals surface area contributed by atoms with Gasteiger partial charge in [0.2, 0.25) is 17.7 Å². The van der Waals surface area contributed by atoms with Gasteiger partial charge >= 0.3 is 5.97 Å². The number of aliphatic carboxylic acids is 1. The molecule has 168 valence electrons. The number of unbranched alkanes of at least 4 members (excludes halogenated alkanes) is 2. The molecule has 12 nitrogen and oxygen atoms in total. The van der Waals surface area contributed by atoms with Crippen LogP contribution in [-0.2, 0) is 19.2 Å². The minimum absolute atomic E-state index is 0.212. The molecular formula is C17H34N6O6. The first-order chi connectivity index (χ1) is 13.8. The molecule has 0 aliphatic heterocycles. The maximum absolute atomic E-state index is 12.1. The Morgan fingerprint density at radius 1 is 0.828 bits per heavy atom. The molecule has 11 N–H and O–H groups in total. The zero-order valence-corrected chi connectivity index (χ0v) is 16.6. The Hall–Kier alpha value is -2.28. The van der Waals surface area contributed by atoms with E-state index in [1.165, 1.54) is 0 Å². The molecule has 3 amide bonds. The highest BCUT2D eigenvalue weighted by molar-refractivity contribution is 5.92. The van der Waals surface area contributed by atoms with E-state index in [0.717, 1.165) is 0 Å². The summed E-state index contributed by atoms with van der Waals surface area (Å²) in [5.41, 5.74) is 16.4. The minimum atomic E-state index is -1.28. The third kappa shape index (κ3) is 12.0. The number of nitrogens with two attached hydrogens (primary N) is 3. The predicted molar refractivity (Wildman–Crippen MR) is 105 cm³/mol. The lowest BCUT2D eigenvalue weighted by atomic mass is 10.1. The van der Waals surface area contributed by atoms with Crippen molar-refractivity contribution < 1.29 is 29.4 Å². The van der Waals surface area contributed by atoms with Crippen LogP contribution in [0.1, 0.15) is 38.5 Å². The number of nitrogens with one attached hydrogen (secondary N) is 3. The standard InChI is InChI=1S/C17H34N6O6/c18-7-3-1-5-11(20)15(26)23-13(10-24)16(27)21-9-14(25)22-12(17(28)29)6-2-4-8-19/h11-13,24H,1-10,18-20H2,(H,21,27)(H,22,25)(H,23,26)(H,28,29). The first kappa shape index (κ1) is 26.7. The van der Waals surface area contributed by atoms with E-state index in [1.54, 1.807) is 0 Å². The molecule has 0 saturated carbocycles. The van der Waals surface area contributed by atoms with Crippen LogP contribution in [0.25, 0.3) is 0 Å². The lowest BCUT2D eigenvalue weighted by molar-refractivity contribution is -0.142. The third-order valence-electron chi connectivity index (χ3n) is 4.12. The van der Waals surface area contributed by atoms with Gasteiger partial charge in [-0.05, 0) is 45.2 Å².